The molecule has 0 spiro atoms. The summed E-state index contributed by atoms with van der Waals surface area (Å²) in [6, 6.07) is 5.17. The highest BCUT2D eigenvalue weighted by atomic mass is 16.7. The molecule has 0 fully saturated rings. The van der Waals surface area contributed by atoms with Gasteiger partial charge in [-0.2, -0.15) is 0 Å². The number of ether oxygens (including phenoxy) is 3. The quantitative estimate of drug-likeness (QED) is 0.701. The maximum Gasteiger partial charge on any atom is 0.251 e. The number of carbonyl (C=O) groups excluding carboxylic acids is 1. The Bertz CT molecular complexity index is 489. The number of carbonyl (C=O) groups is 1. The van der Waals surface area contributed by atoms with E-state index in [-0.39, 0.29) is 12.7 Å². The van der Waals surface area contributed by atoms with E-state index in [1.165, 1.54) is 0 Å². The van der Waals surface area contributed by atoms with Gasteiger partial charge in [0.05, 0.1) is 13.2 Å². The standard InChI is InChI=1S/C16H24N2O4/c1-3-18(4-2)8-10-20-9-7-17-16(19)13-5-6-14-15(11-13)22-12-21-14/h5-6,11H,3-4,7-10,12H2,1-2H3,(H,17,19). The molecule has 1 aromatic rings. The number of hydrogen-bond acceptors (Lipinski definition) is 5. The molecule has 0 bridgehead atoms. The van der Waals surface area contributed by atoms with E-state index in [9.17, 15) is 4.79 Å². The van der Waals surface area contributed by atoms with E-state index in [0.717, 1.165) is 19.6 Å². The Hall–Kier alpha value is -1.79. The van der Waals surface area contributed by atoms with Crippen LogP contribution >= 0.6 is 0 Å². The first-order valence-corrected chi connectivity index (χ1v) is 7.72. The Morgan fingerprint density at radius 1 is 1.23 bits per heavy atom. The molecule has 1 aliphatic heterocycles. The molecule has 1 N–H and O–H groups in total. The highest BCUT2D eigenvalue weighted by Gasteiger charge is 2.15. The zero-order valence-electron chi connectivity index (χ0n) is 13.3. The predicted octanol–water partition coefficient (Wildman–Crippen LogP) is 1.50. The molecule has 0 unspecified atom stereocenters. The SMILES string of the molecule is CCN(CC)CCOCCNC(=O)c1ccc2c(c1)OCO2. The number of nitrogens with zero attached hydrogens (tertiary/aromatic N) is 1. The molecule has 1 aromatic carbocycles. The molecule has 22 heavy (non-hydrogen) atoms. The molecule has 122 valence electrons. The fourth-order valence-electron chi connectivity index (χ4n) is 2.21. The molecular weight excluding hydrogens is 284 g/mol. The molecule has 1 amide bonds. The fourth-order valence-corrected chi connectivity index (χ4v) is 2.21. The summed E-state index contributed by atoms with van der Waals surface area (Å²) < 4.78 is 16.0. The second-order valence-corrected chi connectivity index (χ2v) is 4.96. The molecule has 0 radical (unpaired) electrons. The molecular formula is C16H24N2O4. The molecule has 6 heteroatoms. The van der Waals surface area contributed by atoms with Gasteiger partial charge in [0.15, 0.2) is 11.5 Å². The van der Waals surface area contributed by atoms with E-state index in [4.69, 9.17) is 14.2 Å². The van der Waals surface area contributed by atoms with Crippen molar-refractivity contribution in [3.63, 3.8) is 0 Å². The smallest absolute Gasteiger partial charge is 0.251 e. The van der Waals surface area contributed by atoms with Crippen LogP contribution in [0.25, 0.3) is 0 Å². The second kappa shape index (κ2) is 8.60. The molecule has 0 saturated heterocycles. The van der Waals surface area contributed by atoms with Crippen LogP contribution in [-0.2, 0) is 4.74 Å². The van der Waals surface area contributed by atoms with Crippen molar-refractivity contribution in [3.8, 4) is 11.5 Å². The molecule has 1 aliphatic rings. The summed E-state index contributed by atoms with van der Waals surface area (Å²) in [6.07, 6.45) is 0. The summed E-state index contributed by atoms with van der Waals surface area (Å²) in [7, 11) is 0. The Morgan fingerprint density at radius 3 is 2.77 bits per heavy atom. The molecule has 6 nitrogen and oxygen atoms in total. The minimum Gasteiger partial charge on any atom is -0.454 e. The highest BCUT2D eigenvalue weighted by Crippen LogP contribution is 2.32. The molecule has 2 rings (SSSR count). The first-order valence-electron chi connectivity index (χ1n) is 7.72. The van der Waals surface area contributed by atoms with E-state index in [1.807, 2.05) is 0 Å². The van der Waals surface area contributed by atoms with Crippen LogP contribution in [0.2, 0.25) is 0 Å². The van der Waals surface area contributed by atoms with Gasteiger partial charge in [0, 0.05) is 18.7 Å². The lowest BCUT2D eigenvalue weighted by atomic mass is 10.2. The van der Waals surface area contributed by atoms with E-state index in [2.05, 4.69) is 24.1 Å². The molecule has 0 aliphatic carbocycles. The van der Waals surface area contributed by atoms with E-state index in [1.54, 1.807) is 18.2 Å². The van der Waals surface area contributed by atoms with Gasteiger partial charge in [0.2, 0.25) is 6.79 Å². The first kappa shape index (κ1) is 16.6. The summed E-state index contributed by atoms with van der Waals surface area (Å²) in [5, 5.41) is 2.83. The zero-order valence-corrected chi connectivity index (χ0v) is 13.3. The van der Waals surface area contributed by atoms with Crippen molar-refractivity contribution >= 4 is 5.91 Å². The third-order valence-electron chi connectivity index (χ3n) is 3.61. The fraction of sp³-hybridized carbons (Fsp3) is 0.562. The number of amides is 1. The number of benzene rings is 1. The zero-order chi connectivity index (χ0) is 15.8. The van der Waals surface area contributed by atoms with Gasteiger partial charge in [-0.25, -0.2) is 0 Å². The summed E-state index contributed by atoms with van der Waals surface area (Å²) in [6.45, 7) is 9.14. The lowest BCUT2D eigenvalue weighted by molar-refractivity contribution is 0.0884. The molecule has 0 saturated carbocycles. The maximum absolute atomic E-state index is 12.0. The Kier molecular flexibility index (Phi) is 6.48. The van der Waals surface area contributed by atoms with E-state index >= 15 is 0 Å². The van der Waals surface area contributed by atoms with E-state index in [0.29, 0.717) is 36.8 Å². The minimum absolute atomic E-state index is 0.134. The maximum atomic E-state index is 12.0. The third-order valence-corrected chi connectivity index (χ3v) is 3.61. The lowest BCUT2D eigenvalue weighted by Crippen LogP contribution is -2.30. The summed E-state index contributed by atoms with van der Waals surface area (Å²) in [5.41, 5.74) is 0.562. The van der Waals surface area contributed by atoms with Crippen LogP contribution in [0.5, 0.6) is 11.5 Å². The number of rotatable bonds is 9. The Morgan fingerprint density at radius 2 is 2.00 bits per heavy atom. The first-order chi connectivity index (χ1) is 10.7. The summed E-state index contributed by atoms with van der Waals surface area (Å²) in [4.78, 5) is 14.3. The topological polar surface area (TPSA) is 60.0 Å². The van der Waals surface area contributed by atoms with Crippen LogP contribution in [0, 0.1) is 0 Å². The normalized spacial score (nSPS) is 12.7. The average Bonchev–Trinajstić information content (AvgIpc) is 3.01. The van der Waals surface area contributed by atoms with Crippen LogP contribution < -0.4 is 14.8 Å². The van der Waals surface area contributed by atoms with Gasteiger partial charge < -0.3 is 24.4 Å². The van der Waals surface area contributed by atoms with Crippen LogP contribution in [0.3, 0.4) is 0 Å². The lowest BCUT2D eigenvalue weighted by Gasteiger charge is -2.17. The van der Waals surface area contributed by atoms with Gasteiger partial charge in [-0.1, -0.05) is 13.8 Å². The molecule has 0 atom stereocenters. The average molecular weight is 308 g/mol. The second-order valence-electron chi connectivity index (χ2n) is 4.96. The van der Waals surface area contributed by atoms with Crippen molar-refractivity contribution in [3.05, 3.63) is 23.8 Å². The molecule has 0 aromatic heterocycles. The van der Waals surface area contributed by atoms with Crippen LogP contribution in [0.1, 0.15) is 24.2 Å². The largest absolute Gasteiger partial charge is 0.454 e. The third kappa shape index (κ3) is 4.61. The van der Waals surface area contributed by atoms with Gasteiger partial charge in [-0.15, -0.1) is 0 Å². The van der Waals surface area contributed by atoms with Gasteiger partial charge >= 0.3 is 0 Å². The van der Waals surface area contributed by atoms with Crippen molar-refractivity contribution in [2.45, 2.75) is 13.8 Å². The molecule has 1 heterocycles. The predicted molar refractivity (Wildman–Crippen MR) is 83.5 cm³/mol. The number of nitrogens with one attached hydrogen (secondary N) is 1. The van der Waals surface area contributed by atoms with Crippen molar-refractivity contribution in [1.29, 1.82) is 0 Å². The van der Waals surface area contributed by atoms with Crippen molar-refractivity contribution < 1.29 is 19.0 Å². The monoisotopic (exact) mass is 308 g/mol. The van der Waals surface area contributed by atoms with Gasteiger partial charge in [-0.05, 0) is 31.3 Å². The van der Waals surface area contributed by atoms with Gasteiger partial charge in [-0.3, -0.25) is 4.79 Å². The Labute approximate surface area is 131 Å². The summed E-state index contributed by atoms with van der Waals surface area (Å²) in [5.74, 6) is 1.16. The number of fused-ring (bicyclic) bond motifs is 1. The van der Waals surface area contributed by atoms with Crippen LogP contribution in [0.4, 0.5) is 0 Å². The van der Waals surface area contributed by atoms with Gasteiger partial charge in [0.1, 0.15) is 0 Å². The summed E-state index contributed by atoms with van der Waals surface area (Å²) >= 11 is 0. The highest BCUT2D eigenvalue weighted by molar-refractivity contribution is 5.94. The van der Waals surface area contributed by atoms with E-state index < -0.39 is 0 Å². The minimum atomic E-state index is -0.134. The number of hydrogen-bond donors (Lipinski definition) is 1. The van der Waals surface area contributed by atoms with Crippen LogP contribution in [-0.4, -0.2) is 57.0 Å². The Balaban J connectivity index is 1.64. The van der Waals surface area contributed by atoms with Crippen LogP contribution in [0.15, 0.2) is 18.2 Å². The van der Waals surface area contributed by atoms with Crippen molar-refractivity contribution in [2.75, 3.05) is 46.2 Å². The van der Waals surface area contributed by atoms with Gasteiger partial charge in [0.25, 0.3) is 5.91 Å². The van der Waals surface area contributed by atoms with Crippen molar-refractivity contribution in [2.24, 2.45) is 0 Å². The number of likely N-dealkylation sites (N-methyl/N-ethyl adjacent to an activating group) is 1. The van der Waals surface area contributed by atoms with Crippen molar-refractivity contribution in [1.82, 2.24) is 10.2 Å².